The second-order valence-corrected chi connectivity index (χ2v) is 8.50. The van der Waals surface area contributed by atoms with Crippen LogP contribution in [-0.2, 0) is 13.1 Å². The van der Waals surface area contributed by atoms with Gasteiger partial charge in [0.15, 0.2) is 0 Å². The van der Waals surface area contributed by atoms with Gasteiger partial charge in [-0.2, -0.15) is 0 Å². The van der Waals surface area contributed by atoms with Crippen LogP contribution in [0.1, 0.15) is 45.8 Å². The molecule has 0 spiro atoms. The fourth-order valence-electron chi connectivity index (χ4n) is 3.58. The summed E-state index contributed by atoms with van der Waals surface area (Å²) in [6.07, 6.45) is 3.90. The van der Waals surface area contributed by atoms with Crippen molar-refractivity contribution in [3.63, 3.8) is 0 Å². The predicted octanol–water partition coefficient (Wildman–Crippen LogP) is 5.05. The SMILES string of the molecule is Cc1cccc(CNC(=O)c2cc3sc(C)cc3n2CC2CCC2)c1. The molecule has 0 bridgehead atoms. The van der Waals surface area contributed by atoms with Crippen molar-refractivity contribution in [2.75, 3.05) is 0 Å². The molecule has 0 radical (unpaired) electrons. The third-order valence-corrected chi connectivity index (χ3v) is 6.13. The highest BCUT2D eigenvalue weighted by Crippen LogP contribution is 2.33. The van der Waals surface area contributed by atoms with E-state index in [-0.39, 0.29) is 5.91 Å². The summed E-state index contributed by atoms with van der Waals surface area (Å²) in [4.78, 5) is 14.1. The number of benzene rings is 1. The number of hydrogen-bond donors (Lipinski definition) is 1. The lowest BCUT2D eigenvalue weighted by Crippen LogP contribution is -2.27. The third-order valence-electron chi connectivity index (χ3n) is 5.15. The molecule has 1 aliphatic rings. The maximum atomic E-state index is 12.8. The molecule has 1 aliphatic carbocycles. The van der Waals surface area contributed by atoms with Gasteiger partial charge in [0.05, 0.1) is 10.2 Å². The van der Waals surface area contributed by atoms with E-state index < -0.39 is 0 Å². The zero-order chi connectivity index (χ0) is 17.4. The highest BCUT2D eigenvalue weighted by atomic mass is 32.1. The number of carbonyl (C=O) groups is 1. The van der Waals surface area contributed by atoms with Gasteiger partial charge in [-0.25, -0.2) is 0 Å². The Bertz CT molecular complexity index is 917. The Kier molecular flexibility index (Phi) is 4.38. The van der Waals surface area contributed by atoms with Gasteiger partial charge in [-0.3, -0.25) is 4.79 Å². The summed E-state index contributed by atoms with van der Waals surface area (Å²) in [5.41, 5.74) is 4.38. The lowest BCUT2D eigenvalue weighted by atomic mass is 9.85. The molecule has 25 heavy (non-hydrogen) atoms. The van der Waals surface area contributed by atoms with Crippen molar-refractivity contribution in [1.82, 2.24) is 9.88 Å². The van der Waals surface area contributed by atoms with Crippen molar-refractivity contribution in [3.8, 4) is 0 Å². The van der Waals surface area contributed by atoms with E-state index in [9.17, 15) is 4.79 Å². The van der Waals surface area contributed by atoms with Gasteiger partial charge >= 0.3 is 0 Å². The number of aromatic nitrogens is 1. The topological polar surface area (TPSA) is 34.0 Å². The van der Waals surface area contributed by atoms with Crippen molar-refractivity contribution < 1.29 is 4.79 Å². The molecule has 1 fully saturated rings. The molecular weight excluding hydrogens is 328 g/mol. The minimum Gasteiger partial charge on any atom is -0.347 e. The molecule has 2 aromatic heterocycles. The van der Waals surface area contributed by atoms with Crippen LogP contribution in [0, 0.1) is 19.8 Å². The van der Waals surface area contributed by atoms with Crippen LogP contribution in [-0.4, -0.2) is 10.5 Å². The lowest BCUT2D eigenvalue weighted by molar-refractivity contribution is 0.0939. The summed E-state index contributed by atoms with van der Waals surface area (Å²) >= 11 is 1.77. The van der Waals surface area contributed by atoms with Crippen LogP contribution in [0.15, 0.2) is 36.4 Å². The second kappa shape index (κ2) is 6.68. The molecule has 1 aromatic carbocycles. The Balaban J connectivity index is 1.57. The smallest absolute Gasteiger partial charge is 0.268 e. The quantitative estimate of drug-likeness (QED) is 0.685. The molecule has 0 saturated heterocycles. The first-order valence-electron chi connectivity index (χ1n) is 9.03. The summed E-state index contributed by atoms with van der Waals surface area (Å²) in [6.45, 7) is 5.75. The van der Waals surface area contributed by atoms with Gasteiger partial charge in [-0.15, -0.1) is 11.3 Å². The number of hydrogen-bond acceptors (Lipinski definition) is 2. The second-order valence-electron chi connectivity index (χ2n) is 7.22. The van der Waals surface area contributed by atoms with Crippen LogP contribution in [0.4, 0.5) is 0 Å². The van der Waals surface area contributed by atoms with Crippen LogP contribution < -0.4 is 5.32 Å². The summed E-state index contributed by atoms with van der Waals surface area (Å²) in [7, 11) is 0. The van der Waals surface area contributed by atoms with E-state index in [1.54, 1.807) is 11.3 Å². The van der Waals surface area contributed by atoms with Crippen LogP contribution in [0.3, 0.4) is 0 Å². The van der Waals surface area contributed by atoms with Crippen LogP contribution in [0.5, 0.6) is 0 Å². The maximum absolute atomic E-state index is 12.8. The maximum Gasteiger partial charge on any atom is 0.268 e. The Morgan fingerprint density at radius 1 is 1.24 bits per heavy atom. The van der Waals surface area contributed by atoms with Gasteiger partial charge in [-0.05, 0) is 50.3 Å². The van der Waals surface area contributed by atoms with E-state index in [1.807, 2.05) is 6.07 Å². The molecule has 3 nitrogen and oxygen atoms in total. The van der Waals surface area contributed by atoms with Gasteiger partial charge in [0.1, 0.15) is 5.69 Å². The van der Waals surface area contributed by atoms with Gasteiger partial charge in [-0.1, -0.05) is 36.2 Å². The van der Waals surface area contributed by atoms with Gasteiger partial charge in [0.2, 0.25) is 0 Å². The van der Waals surface area contributed by atoms with Crippen molar-refractivity contribution in [2.45, 2.75) is 46.2 Å². The molecule has 3 aromatic rings. The summed E-state index contributed by atoms with van der Waals surface area (Å²) in [5, 5.41) is 3.10. The van der Waals surface area contributed by atoms with E-state index in [1.165, 1.54) is 39.9 Å². The molecule has 4 rings (SSSR count). The molecule has 2 heterocycles. The van der Waals surface area contributed by atoms with Crippen molar-refractivity contribution >= 4 is 27.5 Å². The number of fused-ring (bicyclic) bond motifs is 1. The summed E-state index contributed by atoms with van der Waals surface area (Å²) in [5.74, 6) is 0.751. The minimum atomic E-state index is 0.0295. The Morgan fingerprint density at radius 3 is 2.80 bits per heavy atom. The zero-order valence-electron chi connectivity index (χ0n) is 14.8. The standard InChI is InChI=1S/C21H24N2OS/c1-14-5-3-8-17(9-14)12-22-21(24)19-11-20-18(10-15(2)25-20)23(19)13-16-6-4-7-16/h3,5,8-11,16H,4,6-7,12-13H2,1-2H3,(H,22,24). The first-order chi connectivity index (χ1) is 12.1. The number of rotatable bonds is 5. The molecule has 130 valence electrons. The van der Waals surface area contributed by atoms with E-state index >= 15 is 0 Å². The fourth-order valence-corrected chi connectivity index (χ4v) is 4.54. The number of nitrogens with zero attached hydrogens (tertiary/aromatic N) is 1. The van der Waals surface area contributed by atoms with E-state index in [0.29, 0.717) is 6.54 Å². The molecule has 4 heteroatoms. The first-order valence-corrected chi connectivity index (χ1v) is 9.85. The normalized spacial score (nSPS) is 14.6. The van der Waals surface area contributed by atoms with Crippen LogP contribution >= 0.6 is 11.3 Å². The van der Waals surface area contributed by atoms with E-state index in [0.717, 1.165) is 23.7 Å². The Hall–Kier alpha value is -2.07. The highest BCUT2D eigenvalue weighted by molar-refractivity contribution is 7.19. The largest absolute Gasteiger partial charge is 0.347 e. The van der Waals surface area contributed by atoms with E-state index in [4.69, 9.17) is 0 Å². The zero-order valence-corrected chi connectivity index (χ0v) is 15.7. The molecule has 0 atom stereocenters. The monoisotopic (exact) mass is 352 g/mol. The highest BCUT2D eigenvalue weighted by Gasteiger charge is 2.23. The Morgan fingerprint density at radius 2 is 2.08 bits per heavy atom. The van der Waals surface area contributed by atoms with Gasteiger partial charge in [0, 0.05) is 18.0 Å². The third kappa shape index (κ3) is 3.36. The fraction of sp³-hybridized carbons (Fsp3) is 0.381. The van der Waals surface area contributed by atoms with Crippen LogP contribution in [0.2, 0.25) is 0 Å². The number of thiophene rings is 1. The average molecular weight is 353 g/mol. The average Bonchev–Trinajstić information content (AvgIpc) is 3.05. The molecule has 1 N–H and O–H groups in total. The van der Waals surface area contributed by atoms with Gasteiger partial charge < -0.3 is 9.88 Å². The van der Waals surface area contributed by atoms with Crippen molar-refractivity contribution in [2.24, 2.45) is 5.92 Å². The molecule has 0 aliphatic heterocycles. The Labute approximate surface area is 152 Å². The van der Waals surface area contributed by atoms with Gasteiger partial charge in [0.25, 0.3) is 5.91 Å². The number of carbonyl (C=O) groups excluding carboxylic acids is 1. The molecule has 0 unspecified atom stereocenters. The minimum absolute atomic E-state index is 0.0295. The molecular formula is C21H24N2OS. The number of aryl methyl sites for hydroxylation is 2. The summed E-state index contributed by atoms with van der Waals surface area (Å²) in [6, 6.07) is 12.6. The molecule has 1 saturated carbocycles. The molecule has 1 amide bonds. The van der Waals surface area contributed by atoms with Crippen LogP contribution in [0.25, 0.3) is 10.2 Å². The first kappa shape index (κ1) is 16.4. The predicted molar refractivity (Wildman–Crippen MR) is 104 cm³/mol. The summed E-state index contributed by atoms with van der Waals surface area (Å²) < 4.78 is 3.46. The van der Waals surface area contributed by atoms with Crippen molar-refractivity contribution in [1.29, 1.82) is 0 Å². The number of amides is 1. The van der Waals surface area contributed by atoms with E-state index in [2.05, 4.69) is 54.1 Å². The van der Waals surface area contributed by atoms with Crippen molar-refractivity contribution in [3.05, 3.63) is 58.1 Å². The lowest BCUT2D eigenvalue weighted by Gasteiger charge is -2.26. The number of nitrogens with one attached hydrogen (secondary N) is 1.